The van der Waals surface area contributed by atoms with Crippen molar-refractivity contribution in [3.8, 4) is 0 Å². The Bertz CT molecular complexity index is 685. The van der Waals surface area contributed by atoms with Gasteiger partial charge >= 0.3 is 6.18 Å². The zero-order valence-electron chi connectivity index (χ0n) is 14.6. The fourth-order valence-electron chi connectivity index (χ4n) is 3.48. The maximum atomic E-state index is 13.6. The molecule has 0 spiro atoms. The molecule has 2 aliphatic rings. The van der Waals surface area contributed by atoms with Crippen LogP contribution in [-0.4, -0.2) is 48.6 Å². The van der Waals surface area contributed by atoms with Crippen molar-refractivity contribution in [2.75, 3.05) is 29.9 Å². The van der Waals surface area contributed by atoms with Crippen LogP contribution in [0.5, 0.6) is 0 Å². The lowest BCUT2D eigenvalue weighted by molar-refractivity contribution is -0.158. The van der Waals surface area contributed by atoms with Crippen molar-refractivity contribution in [3.63, 3.8) is 0 Å². The summed E-state index contributed by atoms with van der Waals surface area (Å²) in [4.78, 5) is 27.5. The number of piperidine rings is 1. The number of benzene rings is 1. The molecule has 1 N–H and O–H groups in total. The first-order valence-corrected chi connectivity index (χ1v) is 8.75. The maximum absolute atomic E-state index is 13.6. The normalized spacial score (nSPS) is 22.5. The molecule has 1 aromatic carbocycles. The molecule has 2 heterocycles. The predicted molar refractivity (Wildman–Crippen MR) is 91.9 cm³/mol. The highest BCUT2D eigenvalue weighted by Gasteiger charge is 2.49. The van der Waals surface area contributed by atoms with Crippen LogP contribution in [-0.2, 0) is 9.59 Å². The second-order valence-corrected chi connectivity index (χ2v) is 7.05. The monoisotopic (exact) mass is 369 g/mol. The van der Waals surface area contributed by atoms with Crippen LogP contribution in [0, 0.1) is 5.92 Å². The second kappa shape index (κ2) is 7.26. The molecule has 8 heteroatoms. The molecule has 1 aromatic rings. The Hall–Kier alpha value is -2.09. The molecule has 1 unspecified atom stereocenters. The molecule has 0 radical (unpaired) electrons. The van der Waals surface area contributed by atoms with Crippen molar-refractivity contribution in [2.45, 2.75) is 38.4 Å². The fraction of sp³-hybridized carbons (Fsp3) is 0.556. The van der Waals surface area contributed by atoms with Gasteiger partial charge in [-0.15, -0.1) is 0 Å². The van der Waals surface area contributed by atoms with E-state index < -0.39 is 30.5 Å². The molecule has 5 nitrogen and oxygen atoms in total. The molecule has 142 valence electrons. The quantitative estimate of drug-likeness (QED) is 0.872. The van der Waals surface area contributed by atoms with Gasteiger partial charge < -0.3 is 5.32 Å². The Labute approximate surface area is 150 Å². The lowest BCUT2D eigenvalue weighted by atomic mass is 9.99. The van der Waals surface area contributed by atoms with Crippen LogP contribution in [0.15, 0.2) is 24.3 Å². The van der Waals surface area contributed by atoms with E-state index in [1.54, 1.807) is 12.1 Å². The number of nitrogens with zero attached hydrogens (tertiary/aromatic N) is 2. The van der Waals surface area contributed by atoms with E-state index in [4.69, 9.17) is 0 Å². The van der Waals surface area contributed by atoms with Gasteiger partial charge in [-0.25, -0.2) is 0 Å². The molecule has 26 heavy (non-hydrogen) atoms. The molecule has 0 aliphatic carbocycles. The molecule has 1 fully saturated rings. The number of nitrogens with one attached hydrogen (secondary N) is 1. The maximum Gasteiger partial charge on any atom is 0.409 e. The number of rotatable bonds is 2. The molecule has 0 saturated carbocycles. The number of para-hydroxylation sites is 2. The number of hydrogen-bond acceptors (Lipinski definition) is 3. The summed E-state index contributed by atoms with van der Waals surface area (Å²) in [5.74, 6) is -0.822. The molecular weight excluding hydrogens is 347 g/mol. The number of amides is 2. The fourth-order valence-corrected chi connectivity index (χ4v) is 3.48. The van der Waals surface area contributed by atoms with E-state index >= 15 is 0 Å². The molecular formula is C18H22F3N3O2. The van der Waals surface area contributed by atoms with Gasteiger partial charge in [-0.2, -0.15) is 13.2 Å². The van der Waals surface area contributed by atoms with E-state index in [0.29, 0.717) is 19.0 Å². The molecule has 2 aliphatic heterocycles. The number of likely N-dealkylation sites (tertiary alicyclic amines) is 1. The van der Waals surface area contributed by atoms with Gasteiger partial charge in [0, 0.05) is 0 Å². The van der Waals surface area contributed by atoms with Gasteiger partial charge in [-0.05, 0) is 44.0 Å². The SMILES string of the molecule is CC1CCN(CC(=O)N2c3ccccc3NC(=O)CC2C(F)(F)F)CC1. The highest BCUT2D eigenvalue weighted by atomic mass is 19.4. The van der Waals surface area contributed by atoms with Crippen LogP contribution in [0.3, 0.4) is 0 Å². The predicted octanol–water partition coefficient (Wildman–Crippen LogP) is 3.02. The summed E-state index contributed by atoms with van der Waals surface area (Å²) in [7, 11) is 0. The molecule has 1 atom stereocenters. The summed E-state index contributed by atoms with van der Waals surface area (Å²) in [5.41, 5.74) is 0.320. The molecule has 0 aromatic heterocycles. The Balaban J connectivity index is 1.91. The number of alkyl halides is 3. The number of carbonyl (C=O) groups is 2. The first kappa shape index (κ1) is 18.7. The summed E-state index contributed by atoms with van der Waals surface area (Å²) >= 11 is 0. The van der Waals surface area contributed by atoms with E-state index in [9.17, 15) is 22.8 Å². The van der Waals surface area contributed by atoms with Crippen LogP contribution >= 0.6 is 0 Å². The van der Waals surface area contributed by atoms with Gasteiger partial charge in [0.1, 0.15) is 6.04 Å². The third kappa shape index (κ3) is 4.00. The third-order valence-corrected chi connectivity index (χ3v) is 5.01. The standard InChI is InChI=1S/C18H22F3N3O2/c1-12-6-8-23(9-7-12)11-17(26)24-14-5-3-2-4-13(14)22-16(25)10-15(24)18(19,20)21/h2-5,12,15H,6-11H2,1H3,(H,22,25). The zero-order chi connectivity index (χ0) is 18.9. The smallest absolute Gasteiger partial charge is 0.324 e. The molecule has 3 rings (SSSR count). The molecule has 2 amide bonds. The summed E-state index contributed by atoms with van der Waals surface area (Å²) in [6, 6.07) is 3.96. The summed E-state index contributed by atoms with van der Waals surface area (Å²) < 4.78 is 40.9. The first-order valence-electron chi connectivity index (χ1n) is 8.75. The summed E-state index contributed by atoms with van der Waals surface area (Å²) in [5, 5.41) is 2.47. The molecule has 0 bridgehead atoms. The number of carbonyl (C=O) groups excluding carboxylic acids is 2. The third-order valence-electron chi connectivity index (χ3n) is 5.01. The van der Waals surface area contributed by atoms with E-state index in [0.717, 1.165) is 17.7 Å². The average Bonchev–Trinajstić information content (AvgIpc) is 2.72. The first-order chi connectivity index (χ1) is 12.3. The van der Waals surface area contributed by atoms with Crippen LogP contribution in [0.2, 0.25) is 0 Å². The van der Waals surface area contributed by atoms with Crippen molar-refractivity contribution < 1.29 is 22.8 Å². The van der Waals surface area contributed by atoms with Crippen LogP contribution in [0.25, 0.3) is 0 Å². The number of anilines is 2. The van der Waals surface area contributed by atoms with E-state index in [-0.39, 0.29) is 17.9 Å². The van der Waals surface area contributed by atoms with Gasteiger partial charge in [0.2, 0.25) is 11.8 Å². The van der Waals surface area contributed by atoms with Crippen molar-refractivity contribution in [3.05, 3.63) is 24.3 Å². The van der Waals surface area contributed by atoms with Gasteiger partial charge in [-0.3, -0.25) is 19.4 Å². The van der Waals surface area contributed by atoms with E-state index in [2.05, 4.69) is 12.2 Å². The summed E-state index contributed by atoms with van der Waals surface area (Å²) in [6.07, 6.45) is -3.65. The minimum Gasteiger partial charge on any atom is -0.324 e. The van der Waals surface area contributed by atoms with Gasteiger partial charge in [0.05, 0.1) is 24.3 Å². The molecule has 1 saturated heterocycles. The number of fused-ring (bicyclic) bond motifs is 1. The highest BCUT2D eigenvalue weighted by molar-refractivity contribution is 6.05. The van der Waals surface area contributed by atoms with Gasteiger partial charge in [-0.1, -0.05) is 19.1 Å². The minimum atomic E-state index is -4.69. The van der Waals surface area contributed by atoms with Crippen molar-refractivity contribution >= 4 is 23.2 Å². The van der Waals surface area contributed by atoms with Crippen molar-refractivity contribution in [1.29, 1.82) is 0 Å². The number of halogens is 3. The van der Waals surface area contributed by atoms with E-state index in [1.165, 1.54) is 12.1 Å². The number of hydrogen-bond donors (Lipinski definition) is 1. The Kier molecular flexibility index (Phi) is 5.22. The Morgan fingerprint density at radius 3 is 2.54 bits per heavy atom. The van der Waals surface area contributed by atoms with E-state index in [1.807, 2.05) is 4.90 Å². The minimum absolute atomic E-state index is 0.0815. The average molecular weight is 369 g/mol. The van der Waals surface area contributed by atoms with Crippen LogP contribution < -0.4 is 10.2 Å². The topological polar surface area (TPSA) is 52.7 Å². The van der Waals surface area contributed by atoms with Crippen molar-refractivity contribution in [2.24, 2.45) is 5.92 Å². The lowest BCUT2D eigenvalue weighted by Gasteiger charge is -2.35. The lowest BCUT2D eigenvalue weighted by Crippen LogP contribution is -2.53. The van der Waals surface area contributed by atoms with Crippen molar-refractivity contribution in [1.82, 2.24) is 4.90 Å². The second-order valence-electron chi connectivity index (χ2n) is 7.05. The van der Waals surface area contributed by atoms with Crippen LogP contribution in [0.4, 0.5) is 24.5 Å². The zero-order valence-corrected chi connectivity index (χ0v) is 14.6. The van der Waals surface area contributed by atoms with Gasteiger partial charge in [0.25, 0.3) is 0 Å². The largest absolute Gasteiger partial charge is 0.409 e. The van der Waals surface area contributed by atoms with Gasteiger partial charge in [0.15, 0.2) is 0 Å². The van der Waals surface area contributed by atoms with Crippen LogP contribution in [0.1, 0.15) is 26.2 Å². The highest BCUT2D eigenvalue weighted by Crippen LogP contribution is 2.37. The Morgan fingerprint density at radius 2 is 1.88 bits per heavy atom. The summed E-state index contributed by atoms with van der Waals surface area (Å²) in [6.45, 7) is 3.43. The Morgan fingerprint density at radius 1 is 1.23 bits per heavy atom.